The molecule has 0 saturated heterocycles. The van der Waals surface area contributed by atoms with E-state index in [9.17, 15) is 4.79 Å². The molecule has 0 atom stereocenters. The average Bonchev–Trinajstić information content (AvgIpc) is 2.85. The number of nitrogens with two attached hydrogens (primary N) is 1. The molecule has 0 bridgehead atoms. The molecule has 0 unspecified atom stereocenters. The van der Waals surface area contributed by atoms with E-state index in [-0.39, 0.29) is 6.61 Å². The Morgan fingerprint density at radius 3 is 2.90 bits per heavy atom. The number of aromatic nitrogens is 2. The summed E-state index contributed by atoms with van der Waals surface area (Å²) in [5, 5.41) is 0. The number of nitrogen functional groups attached to an aromatic ring is 1. The predicted molar refractivity (Wildman–Crippen MR) is 74.6 cm³/mol. The smallest absolute Gasteiger partial charge is 0.340 e. The van der Waals surface area contributed by atoms with Crippen LogP contribution >= 0.6 is 0 Å². The normalized spacial score (nSPS) is 10.3. The Morgan fingerprint density at radius 2 is 2.25 bits per heavy atom. The van der Waals surface area contributed by atoms with Gasteiger partial charge in [0.05, 0.1) is 19.3 Å². The van der Waals surface area contributed by atoms with E-state index in [2.05, 4.69) is 4.98 Å². The van der Waals surface area contributed by atoms with Gasteiger partial charge in [-0.3, -0.25) is 0 Å². The highest BCUT2D eigenvalue weighted by Gasteiger charge is 2.13. The van der Waals surface area contributed by atoms with E-state index >= 15 is 0 Å². The Balaban J connectivity index is 1.96. The van der Waals surface area contributed by atoms with E-state index < -0.39 is 5.97 Å². The number of benzene rings is 1. The van der Waals surface area contributed by atoms with Crippen molar-refractivity contribution in [2.45, 2.75) is 6.42 Å². The van der Waals surface area contributed by atoms with Crippen molar-refractivity contribution in [3.8, 4) is 5.75 Å². The van der Waals surface area contributed by atoms with Crippen LogP contribution in [0.5, 0.6) is 5.75 Å². The van der Waals surface area contributed by atoms with Crippen LogP contribution in [0.15, 0.2) is 30.6 Å². The molecule has 1 heterocycles. The van der Waals surface area contributed by atoms with Gasteiger partial charge in [0.2, 0.25) is 0 Å². The second-order valence-electron chi connectivity index (χ2n) is 4.29. The van der Waals surface area contributed by atoms with Crippen LogP contribution in [0.2, 0.25) is 0 Å². The molecule has 1 aromatic heterocycles. The van der Waals surface area contributed by atoms with E-state index in [0.717, 1.165) is 5.82 Å². The van der Waals surface area contributed by atoms with Gasteiger partial charge in [-0.1, -0.05) is 0 Å². The molecule has 0 saturated carbocycles. The van der Waals surface area contributed by atoms with Crippen molar-refractivity contribution in [3.05, 3.63) is 42.0 Å². The molecule has 2 aromatic rings. The van der Waals surface area contributed by atoms with E-state index in [1.165, 1.54) is 7.11 Å². The monoisotopic (exact) mass is 275 g/mol. The Morgan fingerprint density at radius 1 is 1.45 bits per heavy atom. The molecule has 1 aromatic carbocycles. The molecule has 0 aliphatic carbocycles. The number of aryl methyl sites for hydroxylation is 1. The van der Waals surface area contributed by atoms with E-state index in [1.54, 1.807) is 24.4 Å². The molecule has 6 heteroatoms. The number of hydrogen-bond acceptors (Lipinski definition) is 5. The summed E-state index contributed by atoms with van der Waals surface area (Å²) in [4.78, 5) is 16.1. The van der Waals surface area contributed by atoms with Crippen molar-refractivity contribution < 1.29 is 14.3 Å². The summed E-state index contributed by atoms with van der Waals surface area (Å²) < 4.78 is 12.2. The fourth-order valence-corrected chi connectivity index (χ4v) is 1.79. The lowest BCUT2D eigenvalue weighted by Gasteiger charge is -2.08. The topological polar surface area (TPSA) is 79.4 Å². The molecule has 0 aliphatic rings. The summed E-state index contributed by atoms with van der Waals surface area (Å²) in [6.07, 6.45) is 4.10. The third-order valence-electron chi connectivity index (χ3n) is 2.96. The second kappa shape index (κ2) is 6.10. The number of rotatable bonds is 5. The van der Waals surface area contributed by atoms with Gasteiger partial charge in [-0.2, -0.15) is 0 Å². The van der Waals surface area contributed by atoms with Crippen LogP contribution in [0.4, 0.5) is 5.69 Å². The Bertz CT molecular complexity index is 607. The summed E-state index contributed by atoms with van der Waals surface area (Å²) in [5.74, 6) is 0.960. The maximum Gasteiger partial charge on any atom is 0.340 e. The molecule has 2 rings (SSSR count). The van der Waals surface area contributed by atoms with Crippen LogP contribution in [-0.4, -0.2) is 29.2 Å². The van der Waals surface area contributed by atoms with Crippen LogP contribution in [0.25, 0.3) is 0 Å². The zero-order chi connectivity index (χ0) is 14.5. The number of carbonyl (C=O) groups is 1. The first kappa shape index (κ1) is 13.9. The summed E-state index contributed by atoms with van der Waals surface area (Å²) >= 11 is 0. The second-order valence-corrected chi connectivity index (χ2v) is 4.29. The molecule has 0 fully saturated rings. The minimum atomic E-state index is -0.462. The highest BCUT2D eigenvalue weighted by atomic mass is 16.5. The van der Waals surface area contributed by atoms with Crippen molar-refractivity contribution in [2.75, 3.05) is 19.5 Å². The first-order chi connectivity index (χ1) is 9.61. The molecule has 20 heavy (non-hydrogen) atoms. The standard InChI is InChI=1S/C14H17N3O3/c1-17-7-6-16-13(17)5-8-20-14(18)11-9-10(19-2)3-4-12(11)15/h3-4,6-7,9H,5,8,15H2,1-2H3. The average molecular weight is 275 g/mol. The number of esters is 1. The van der Waals surface area contributed by atoms with Crippen LogP contribution in [0.3, 0.4) is 0 Å². The maximum absolute atomic E-state index is 12.0. The fourth-order valence-electron chi connectivity index (χ4n) is 1.79. The molecule has 106 valence electrons. The molecule has 0 radical (unpaired) electrons. The van der Waals surface area contributed by atoms with E-state index in [4.69, 9.17) is 15.2 Å². The molecular formula is C14H17N3O3. The van der Waals surface area contributed by atoms with E-state index in [1.807, 2.05) is 17.8 Å². The lowest BCUT2D eigenvalue weighted by atomic mass is 10.2. The van der Waals surface area contributed by atoms with Gasteiger partial charge in [-0.05, 0) is 18.2 Å². The van der Waals surface area contributed by atoms with Crippen LogP contribution in [-0.2, 0) is 18.2 Å². The number of hydrogen-bond donors (Lipinski definition) is 1. The van der Waals surface area contributed by atoms with Crippen LogP contribution in [0.1, 0.15) is 16.2 Å². The number of ether oxygens (including phenoxy) is 2. The minimum absolute atomic E-state index is 0.250. The van der Waals surface area contributed by atoms with Gasteiger partial charge >= 0.3 is 5.97 Å². The van der Waals surface area contributed by atoms with Crippen LogP contribution in [0, 0.1) is 0 Å². The van der Waals surface area contributed by atoms with E-state index in [0.29, 0.717) is 23.4 Å². The van der Waals surface area contributed by atoms with Gasteiger partial charge in [-0.25, -0.2) is 9.78 Å². The van der Waals surface area contributed by atoms with Crippen molar-refractivity contribution in [1.82, 2.24) is 9.55 Å². The number of anilines is 1. The highest BCUT2D eigenvalue weighted by molar-refractivity contribution is 5.95. The summed E-state index contributed by atoms with van der Waals surface area (Å²) in [5.41, 5.74) is 6.44. The largest absolute Gasteiger partial charge is 0.497 e. The summed E-state index contributed by atoms with van der Waals surface area (Å²) in [6, 6.07) is 4.88. The van der Waals surface area contributed by atoms with Crippen LogP contribution < -0.4 is 10.5 Å². The van der Waals surface area contributed by atoms with Crippen molar-refractivity contribution in [2.24, 2.45) is 7.05 Å². The quantitative estimate of drug-likeness (QED) is 0.659. The Labute approximate surface area is 117 Å². The third-order valence-corrected chi connectivity index (χ3v) is 2.96. The van der Waals surface area contributed by atoms with Gasteiger partial charge in [-0.15, -0.1) is 0 Å². The number of methoxy groups -OCH3 is 1. The first-order valence-corrected chi connectivity index (χ1v) is 6.18. The fraction of sp³-hybridized carbons (Fsp3) is 0.286. The molecule has 6 nitrogen and oxygen atoms in total. The SMILES string of the molecule is COc1ccc(N)c(C(=O)OCCc2nccn2C)c1. The zero-order valence-corrected chi connectivity index (χ0v) is 11.5. The predicted octanol–water partition coefficient (Wildman–Crippen LogP) is 1.41. The Kier molecular flexibility index (Phi) is 4.24. The third kappa shape index (κ3) is 3.09. The first-order valence-electron chi connectivity index (χ1n) is 6.18. The van der Waals surface area contributed by atoms with Crippen molar-refractivity contribution >= 4 is 11.7 Å². The minimum Gasteiger partial charge on any atom is -0.497 e. The van der Waals surface area contributed by atoms with Gasteiger partial charge in [0.1, 0.15) is 11.6 Å². The maximum atomic E-state index is 12.0. The molecule has 0 spiro atoms. The summed E-state index contributed by atoms with van der Waals surface area (Å²) in [7, 11) is 3.42. The highest BCUT2D eigenvalue weighted by Crippen LogP contribution is 2.20. The Hall–Kier alpha value is -2.50. The lowest BCUT2D eigenvalue weighted by molar-refractivity contribution is 0.0508. The van der Waals surface area contributed by atoms with Crippen molar-refractivity contribution in [1.29, 1.82) is 0 Å². The number of nitrogens with zero attached hydrogens (tertiary/aromatic N) is 2. The zero-order valence-electron chi connectivity index (χ0n) is 11.5. The van der Waals surface area contributed by atoms with Gasteiger partial charge in [0.15, 0.2) is 0 Å². The molecule has 0 aliphatic heterocycles. The number of carbonyl (C=O) groups excluding carboxylic acids is 1. The van der Waals surface area contributed by atoms with Gasteiger partial charge in [0, 0.05) is 31.5 Å². The molecule has 2 N–H and O–H groups in total. The molecular weight excluding hydrogens is 258 g/mol. The van der Waals surface area contributed by atoms with Gasteiger partial charge in [0.25, 0.3) is 0 Å². The molecule has 0 amide bonds. The van der Waals surface area contributed by atoms with Gasteiger partial charge < -0.3 is 19.8 Å². The lowest BCUT2D eigenvalue weighted by Crippen LogP contribution is -2.12. The summed E-state index contributed by atoms with van der Waals surface area (Å²) in [6.45, 7) is 0.250. The number of imidazole rings is 1. The van der Waals surface area contributed by atoms with Crippen molar-refractivity contribution in [3.63, 3.8) is 0 Å².